The van der Waals surface area contributed by atoms with E-state index in [0.29, 0.717) is 34.7 Å². The number of aromatic nitrogens is 1. The molecule has 0 radical (unpaired) electrons. The molecule has 0 spiro atoms. The number of hydrogen-bond donors (Lipinski definition) is 1. The molecule has 0 saturated carbocycles. The van der Waals surface area contributed by atoms with E-state index in [4.69, 9.17) is 13.9 Å². The second kappa shape index (κ2) is 6.01. The first-order valence-corrected chi connectivity index (χ1v) is 7.91. The largest absolute Gasteiger partial charge is 0.454 e. The predicted octanol–water partition coefficient (Wildman–Crippen LogP) is 2.14. The minimum absolute atomic E-state index is 0.160. The Bertz CT molecular complexity index is 1000. The van der Waals surface area contributed by atoms with Gasteiger partial charge in [-0.3, -0.25) is 9.36 Å². The van der Waals surface area contributed by atoms with Crippen molar-refractivity contribution in [3.63, 3.8) is 0 Å². The van der Waals surface area contributed by atoms with Gasteiger partial charge >= 0.3 is 5.76 Å². The topological polar surface area (TPSA) is 82.7 Å². The monoisotopic (exact) mass is 340 g/mol. The summed E-state index contributed by atoms with van der Waals surface area (Å²) in [6.45, 7) is 2.30. The van der Waals surface area contributed by atoms with E-state index in [1.807, 2.05) is 19.1 Å². The lowest BCUT2D eigenvalue weighted by Gasteiger charge is -2.14. The van der Waals surface area contributed by atoms with Crippen LogP contribution in [0.5, 0.6) is 11.5 Å². The Labute approximate surface area is 142 Å². The van der Waals surface area contributed by atoms with Gasteiger partial charge in [-0.15, -0.1) is 0 Å². The van der Waals surface area contributed by atoms with E-state index in [1.165, 1.54) is 4.57 Å². The molecule has 1 atom stereocenters. The summed E-state index contributed by atoms with van der Waals surface area (Å²) in [4.78, 5) is 24.4. The SMILES string of the molecule is C[C@@H](Cn1c(=O)oc2ccccc21)NC(=O)c1ccc2c(c1)OCO2. The smallest absolute Gasteiger partial charge is 0.420 e. The molecule has 0 bridgehead atoms. The van der Waals surface area contributed by atoms with Gasteiger partial charge in [0.25, 0.3) is 5.91 Å². The molecular formula is C18H16N2O5. The number of oxazole rings is 1. The fourth-order valence-electron chi connectivity index (χ4n) is 2.85. The van der Waals surface area contributed by atoms with E-state index < -0.39 is 5.76 Å². The summed E-state index contributed by atoms with van der Waals surface area (Å²) in [5.41, 5.74) is 1.71. The van der Waals surface area contributed by atoms with Crippen molar-refractivity contribution in [1.29, 1.82) is 0 Å². The lowest BCUT2D eigenvalue weighted by atomic mass is 10.1. The van der Waals surface area contributed by atoms with E-state index in [0.717, 1.165) is 0 Å². The highest BCUT2D eigenvalue weighted by Crippen LogP contribution is 2.32. The molecule has 7 heteroatoms. The highest BCUT2D eigenvalue weighted by molar-refractivity contribution is 5.95. The van der Waals surface area contributed by atoms with Gasteiger partial charge in [0.15, 0.2) is 17.1 Å². The number of rotatable bonds is 4. The van der Waals surface area contributed by atoms with Gasteiger partial charge in [-0.25, -0.2) is 4.79 Å². The van der Waals surface area contributed by atoms with Gasteiger partial charge in [0.1, 0.15) is 0 Å². The fourth-order valence-corrected chi connectivity index (χ4v) is 2.85. The van der Waals surface area contributed by atoms with Crippen LogP contribution in [0.1, 0.15) is 17.3 Å². The van der Waals surface area contributed by atoms with E-state index in [1.54, 1.807) is 30.3 Å². The molecule has 1 amide bonds. The molecule has 1 aliphatic rings. The zero-order valence-corrected chi connectivity index (χ0v) is 13.5. The molecular weight excluding hydrogens is 324 g/mol. The van der Waals surface area contributed by atoms with E-state index in [2.05, 4.69) is 5.32 Å². The average molecular weight is 340 g/mol. The van der Waals surface area contributed by atoms with Crippen molar-refractivity contribution >= 4 is 17.0 Å². The first-order chi connectivity index (χ1) is 12.1. The summed E-state index contributed by atoms with van der Waals surface area (Å²) < 4.78 is 17.2. The van der Waals surface area contributed by atoms with Gasteiger partial charge in [-0.1, -0.05) is 12.1 Å². The van der Waals surface area contributed by atoms with Gasteiger partial charge in [-0.05, 0) is 37.3 Å². The number of hydrogen-bond acceptors (Lipinski definition) is 5. The van der Waals surface area contributed by atoms with Crippen molar-refractivity contribution in [3.8, 4) is 11.5 Å². The number of benzene rings is 2. The van der Waals surface area contributed by atoms with Crippen molar-refractivity contribution in [2.24, 2.45) is 0 Å². The summed E-state index contributed by atoms with van der Waals surface area (Å²) in [5, 5.41) is 2.88. The number of nitrogens with zero attached hydrogens (tertiary/aromatic N) is 1. The summed E-state index contributed by atoms with van der Waals surface area (Å²) in [5.74, 6) is 0.496. The third-order valence-electron chi connectivity index (χ3n) is 4.04. The molecule has 4 rings (SSSR count). The van der Waals surface area contributed by atoms with E-state index in [-0.39, 0.29) is 18.7 Å². The van der Waals surface area contributed by atoms with Crippen LogP contribution in [-0.2, 0) is 6.54 Å². The predicted molar refractivity (Wildman–Crippen MR) is 90.0 cm³/mol. The molecule has 1 aromatic heterocycles. The second-order valence-electron chi connectivity index (χ2n) is 5.89. The Morgan fingerprint density at radius 1 is 1.20 bits per heavy atom. The summed E-state index contributed by atoms with van der Waals surface area (Å²) in [6, 6.07) is 11.9. The number of fused-ring (bicyclic) bond motifs is 2. The van der Waals surface area contributed by atoms with Gasteiger partial charge < -0.3 is 19.2 Å². The van der Waals surface area contributed by atoms with E-state index >= 15 is 0 Å². The molecule has 0 saturated heterocycles. The maximum atomic E-state index is 12.4. The molecule has 2 aromatic carbocycles. The zero-order valence-electron chi connectivity index (χ0n) is 13.5. The molecule has 0 aliphatic carbocycles. The van der Waals surface area contributed by atoms with Crippen LogP contribution in [-0.4, -0.2) is 23.3 Å². The van der Waals surface area contributed by atoms with Crippen molar-refractivity contribution < 1.29 is 18.7 Å². The van der Waals surface area contributed by atoms with Gasteiger partial charge in [0.05, 0.1) is 5.52 Å². The number of para-hydroxylation sites is 2. The zero-order chi connectivity index (χ0) is 17.4. The van der Waals surface area contributed by atoms with Crippen LogP contribution in [0.15, 0.2) is 51.7 Å². The third kappa shape index (κ3) is 2.84. The van der Waals surface area contributed by atoms with Crippen LogP contribution >= 0.6 is 0 Å². The van der Waals surface area contributed by atoms with Crippen molar-refractivity contribution in [2.45, 2.75) is 19.5 Å². The van der Waals surface area contributed by atoms with Crippen LogP contribution in [0.4, 0.5) is 0 Å². The molecule has 1 aliphatic heterocycles. The average Bonchev–Trinajstić information content (AvgIpc) is 3.19. The molecule has 2 heterocycles. The minimum Gasteiger partial charge on any atom is -0.454 e. The van der Waals surface area contributed by atoms with Crippen molar-refractivity contribution in [1.82, 2.24) is 9.88 Å². The summed E-state index contributed by atoms with van der Waals surface area (Å²) >= 11 is 0. The molecule has 0 fully saturated rings. The Kier molecular flexibility index (Phi) is 3.68. The van der Waals surface area contributed by atoms with Crippen molar-refractivity contribution in [2.75, 3.05) is 6.79 Å². The fraction of sp³-hybridized carbons (Fsp3) is 0.222. The highest BCUT2D eigenvalue weighted by Gasteiger charge is 2.18. The Morgan fingerprint density at radius 3 is 2.88 bits per heavy atom. The molecule has 128 valence electrons. The van der Waals surface area contributed by atoms with Crippen LogP contribution in [0.3, 0.4) is 0 Å². The number of ether oxygens (including phenoxy) is 2. The van der Waals surface area contributed by atoms with Crippen LogP contribution < -0.4 is 20.5 Å². The summed E-state index contributed by atoms with van der Waals surface area (Å²) in [7, 11) is 0. The van der Waals surface area contributed by atoms with Crippen LogP contribution in [0.25, 0.3) is 11.1 Å². The lowest BCUT2D eigenvalue weighted by molar-refractivity contribution is 0.0936. The second-order valence-corrected chi connectivity index (χ2v) is 5.89. The number of nitrogens with one attached hydrogen (secondary N) is 1. The normalized spacial score (nSPS) is 13.8. The highest BCUT2D eigenvalue weighted by atomic mass is 16.7. The Hall–Kier alpha value is -3.22. The minimum atomic E-state index is -0.439. The Morgan fingerprint density at radius 2 is 2.00 bits per heavy atom. The lowest BCUT2D eigenvalue weighted by Crippen LogP contribution is -2.37. The number of amides is 1. The first kappa shape index (κ1) is 15.3. The van der Waals surface area contributed by atoms with Crippen LogP contribution in [0, 0.1) is 0 Å². The summed E-state index contributed by atoms with van der Waals surface area (Å²) in [6.07, 6.45) is 0. The quantitative estimate of drug-likeness (QED) is 0.787. The molecule has 0 unspecified atom stereocenters. The number of carbonyl (C=O) groups excluding carboxylic acids is 1. The molecule has 1 N–H and O–H groups in total. The maximum Gasteiger partial charge on any atom is 0.420 e. The standard InChI is InChI=1S/C18H16N2O5/c1-11(9-20-13-4-2-3-5-14(13)25-18(20)22)19-17(21)12-6-7-15-16(8-12)24-10-23-15/h2-8,11H,9-10H2,1H3,(H,19,21)/t11-/m0/s1. The molecule has 3 aromatic rings. The van der Waals surface area contributed by atoms with Gasteiger partial charge in [-0.2, -0.15) is 0 Å². The Balaban J connectivity index is 1.50. The van der Waals surface area contributed by atoms with Crippen molar-refractivity contribution in [3.05, 3.63) is 58.6 Å². The van der Waals surface area contributed by atoms with Gasteiger partial charge in [0.2, 0.25) is 6.79 Å². The third-order valence-corrected chi connectivity index (χ3v) is 4.04. The van der Waals surface area contributed by atoms with E-state index in [9.17, 15) is 9.59 Å². The number of carbonyl (C=O) groups is 1. The van der Waals surface area contributed by atoms with Crippen LogP contribution in [0.2, 0.25) is 0 Å². The molecule has 7 nitrogen and oxygen atoms in total. The van der Waals surface area contributed by atoms with Gasteiger partial charge in [0, 0.05) is 18.2 Å². The molecule has 25 heavy (non-hydrogen) atoms. The first-order valence-electron chi connectivity index (χ1n) is 7.91. The maximum absolute atomic E-state index is 12.4.